The highest BCUT2D eigenvalue weighted by molar-refractivity contribution is 7.78. The van der Waals surface area contributed by atoms with Crippen LogP contribution in [0, 0.1) is 0 Å². The van der Waals surface area contributed by atoms with Gasteiger partial charge in [0.2, 0.25) is 0 Å². The Morgan fingerprint density at radius 3 is 1.72 bits per heavy atom. The number of hydrogen-bond acceptors (Lipinski definition) is 1. The SMILES string of the molecule is CC=CCP(=O)(c1ccccc1)c1ccccc1. The molecule has 0 bridgehead atoms. The summed E-state index contributed by atoms with van der Waals surface area (Å²) in [6.07, 6.45) is 4.52. The molecule has 0 radical (unpaired) electrons. The fourth-order valence-corrected chi connectivity index (χ4v) is 4.49. The van der Waals surface area contributed by atoms with E-state index in [0.29, 0.717) is 6.16 Å². The van der Waals surface area contributed by atoms with Gasteiger partial charge >= 0.3 is 0 Å². The van der Waals surface area contributed by atoms with Crippen molar-refractivity contribution in [3.63, 3.8) is 0 Å². The molecule has 0 spiro atoms. The highest BCUT2D eigenvalue weighted by atomic mass is 31.2. The lowest BCUT2D eigenvalue weighted by molar-refractivity contribution is 0.588. The Labute approximate surface area is 109 Å². The van der Waals surface area contributed by atoms with Crippen molar-refractivity contribution in [3.8, 4) is 0 Å². The topological polar surface area (TPSA) is 17.1 Å². The minimum atomic E-state index is -2.53. The molecule has 0 atom stereocenters. The largest absolute Gasteiger partial charge is 0.313 e. The Balaban J connectivity index is 2.52. The molecule has 2 rings (SSSR count). The first-order valence-corrected chi connectivity index (χ1v) is 7.98. The number of allylic oxidation sites excluding steroid dienone is 2. The van der Waals surface area contributed by atoms with Crippen LogP contribution in [0.4, 0.5) is 0 Å². The molecule has 2 aromatic rings. The smallest absolute Gasteiger partial charge is 0.146 e. The standard InChI is InChI=1S/C16H17OP/c1-2-3-14-18(17,15-10-6-4-7-11-15)16-12-8-5-9-13-16/h2-13H,14H2,1H3. The van der Waals surface area contributed by atoms with Gasteiger partial charge < -0.3 is 4.57 Å². The van der Waals surface area contributed by atoms with Crippen LogP contribution in [0.3, 0.4) is 0 Å². The molecule has 18 heavy (non-hydrogen) atoms. The maximum atomic E-state index is 13.3. The first kappa shape index (κ1) is 12.9. The lowest BCUT2D eigenvalue weighted by Gasteiger charge is -2.17. The molecule has 0 aliphatic carbocycles. The molecule has 0 amide bonds. The number of benzene rings is 2. The third-order valence-corrected chi connectivity index (χ3v) is 5.93. The van der Waals surface area contributed by atoms with Crippen LogP contribution in [0.2, 0.25) is 0 Å². The highest BCUT2D eigenvalue weighted by Crippen LogP contribution is 2.43. The maximum absolute atomic E-state index is 13.3. The molecule has 2 aromatic carbocycles. The van der Waals surface area contributed by atoms with Gasteiger partial charge in [0.15, 0.2) is 0 Å². The summed E-state index contributed by atoms with van der Waals surface area (Å²) in [5.41, 5.74) is 0. The Bertz CT molecular complexity index is 515. The van der Waals surface area contributed by atoms with Gasteiger partial charge in [0.05, 0.1) is 0 Å². The van der Waals surface area contributed by atoms with Gasteiger partial charge in [0.1, 0.15) is 7.14 Å². The van der Waals surface area contributed by atoms with E-state index in [9.17, 15) is 4.57 Å². The van der Waals surface area contributed by atoms with Crippen LogP contribution in [0.25, 0.3) is 0 Å². The van der Waals surface area contributed by atoms with Gasteiger partial charge in [-0.3, -0.25) is 0 Å². The van der Waals surface area contributed by atoms with E-state index in [4.69, 9.17) is 0 Å². The van der Waals surface area contributed by atoms with Crippen molar-refractivity contribution in [3.05, 3.63) is 72.8 Å². The van der Waals surface area contributed by atoms with Gasteiger partial charge in [0, 0.05) is 16.8 Å². The second-order valence-electron chi connectivity index (χ2n) is 4.16. The monoisotopic (exact) mass is 256 g/mol. The number of hydrogen-bond donors (Lipinski definition) is 0. The fourth-order valence-electron chi connectivity index (χ4n) is 1.95. The van der Waals surface area contributed by atoms with Crippen molar-refractivity contribution in [1.29, 1.82) is 0 Å². The quantitative estimate of drug-likeness (QED) is 0.603. The first-order chi connectivity index (χ1) is 8.77. The minimum Gasteiger partial charge on any atom is -0.313 e. The van der Waals surface area contributed by atoms with E-state index in [1.54, 1.807) is 0 Å². The lowest BCUT2D eigenvalue weighted by Crippen LogP contribution is -2.17. The summed E-state index contributed by atoms with van der Waals surface area (Å²) in [5, 5.41) is 1.85. The molecule has 0 fully saturated rings. The normalized spacial score (nSPS) is 11.8. The maximum Gasteiger partial charge on any atom is 0.146 e. The molecule has 0 heterocycles. The van der Waals surface area contributed by atoms with Crippen LogP contribution in [0.15, 0.2) is 72.8 Å². The Morgan fingerprint density at radius 2 is 1.33 bits per heavy atom. The third-order valence-electron chi connectivity index (χ3n) is 2.94. The van der Waals surface area contributed by atoms with Crippen molar-refractivity contribution >= 4 is 17.8 Å². The average Bonchev–Trinajstić information content (AvgIpc) is 2.46. The molecule has 2 heteroatoms. The van der Waals surface area contributed by atoms with E-state index >= 15 is 0 Å². The first-order valence-electron chi connectivity index (χ1n) is 6.09. The molecule has 0 saturated carbocycles. The zero-order valence-electron chi connectivity index (χ0n) is 10.5. The van der Waals surface area contributed by atoms with Crippen molar-refractivity contribution in [2.24, 2.45) is 0 Å². The zero-order valence-corrected chi connectivity index (χ0v) is 11.4. The summed E-state index contributed by atoms with van der Waals surface area (Å²) in [7, 11) is -2.53. The second-order valence-corrected chi connectivity index (χ2v) is 7.04. The van der Waals surface area contributed by atoms with Crippen molar-refractivity contribution in [2.45, 2.75) is 6.92 Å². The van der Waals surface area contributed by atoms with E-state index in [2.05, 4.69) is 0 Å². The van der Waals surface area contributed by atoms with Crippen molar-refractivity contribution < 1.29 is 4.57 Å². The molecule has 92 valence electrons. The van der Waals surface area contributed by atoms with E-state index in [0.717, 1.165) is 10.6 Å². The lowest BCUT2D eigenvalue weighted by atomic mass is 10.4. The molecule has 1 nitrogen and oxygen atoms in total. The molecular weight excluding hydrogens is 239 g/mol. The summed E-state index contributed by atoms with van der Waals surface area (Å²) in [6.45, 7) is 1.96. The van der Waals surface area contributed by atoms with Crippen LogP contribution in [-0.2, 0) is 4.57 Å². The molecule has 0 aliphatic rings. The predicted molar refractivity (Wildman–Crippen MR) is 79.4 cm³/mol. The van der Waals surface area contributed by atoms with E-state index in [1.165, 1.54) is 0 Å². The van der Waals surface area contributed by atoms with E-state index in [-0.39, 0.29) is 0 Å². The average molecular weight is 256 g/mol. The zero-order chi connectivity index (χ0) is 12.8. The van der Waals surface area contributed by atoms with Gasteiger partial charge in [-0.25, -0.2) is 0 Å². The van der Waals surface area contributed by atoms with Crippen molar-refractivity contribution in [2.75, 3.05) is 6.16 Å². The fraction of sp³-hybridized carbons (Fsp3) is 0.125. The van der Waals surface area contributed by atoms with E-state index in [1.807, 2.05) is 79.7 Å². The van der Waals surface area contributed by atoms with Crippen LogP contribution in [0.5, 0.6) is 0 Å². The summed E-state index contributed by atoms with van der Waals surface area (Å²) in [6, 6.07) is 19.5. The molecular formula is C16H17OP. The van der Waals surface area contributed by atoms with Gasteiger partial charge in [-0.05, 0) is 6.92 Å². The summed E-state index contributed by atoms with van der Waals surface area (Å²) < 4.78 is 13.3. The second kappa shape index (κ2) is 5.84. The van der Waals surface area contributed by atoms with Crippen LogP contribution < -0.4 is 10.6 Å². The molecule has 0 unspecified atom stereocenters. The van der Waals surface area contributed by atoms with Gasteiger partial charge in [0.25, 0.3) is 0 Å². The summed E-state index contributed by atoms with van der Waals surface area (Å²) in [5.74, 6) is 0. The van der Waals surface area contributed by atoms with Crippen LogP contribution >= 0.6 is 7.14 Å². The molecule has 0 aliphatic heterocycles. The van der Waals surface area contributed by atoms with Gasteiger partial charge in [-0.1, -0.05) is 72.8 Å². The Kier molecular flexibility index (Phi) is 4.17. The summed E-state index contributed by atoms with van der Waals surface area (Å²) in [4.78, 5) is 0. The van der Waals surface area contributed by atoms with Gasteiger partial charge in [-0.2, -0.15) is 0 Å². The van der Waals surface area contributed by atoms with E-state index < -0.39 is 7.14 Å². The van der Waals surface area contributed by atoms with Crippen LogP contribution in [-0.4, -0.2) is 6.16 Å². The third kappa shape index (κ3) is 2.63. The molecule has 0 aromatic heterocycles. The minimum absolute atomic E-state index is 0.581. The number of rotatable bonds is 4. The van der Waals surface area contributed by atoms with Crippen LogP contribution in [0.1, 0.15) is 6.92 Å². The molecule has 0 saturated heterocycles. The summed E-state index contributed by atoms with van der Waals surface area (Å²) >= 11 is 0. The van der Waals surface area contributed by atoms with Gasteiger partial charge in [-0.15, -0.1) is 0 Å². The highest BCUT2D eigenvalue weighted by Gasteiger charge is 2.25. The Hall–Kier alpha value is -1.59. The predicted octanol–water partition coefficient (Wildman–Crippen LogP) is 3.58. The molecule has 0 N–H and O–H groups in total. The Morgan fingerprint density at radius 1 is 0.889 bits per heavy atom. The van der Waals surface area contributed by atoms with Crippen molar-refractivity contribution in [1.82, 2.24) is 0 Å².